The average Bonchev–Trinajstić information content (AvgIpc) is 3.18. The van der Waals surface area contributed by atoms with Gasteiger partial charge in [0.05, 0.1) is 35.4 Å². The van der Waals surface area contributed by atoms with Crippen molar-refractivity contribution in [3.63, 3.8) is 0 Å². The van der Waals surface area contributed by atoms with Gasteiger partial charge in [-0.25, -0.2) is 4.79 Å². The monoisotopic (exact) mass is 535 g/mol. The molecule has 1 heterocycles. The van der Waals surface area contributed by atoms with Gasteiger partial charge in [-0.15, -0.1) is 0 Å². The van der Waals surface area contributed by atoms with Gasteiger partial charge in [0.25, 0.3) is 11.7 Å². The van der Waals surface area contributed by atoms with E-state index >= 15 is 0 Å². The van der Waals surface area contributed by atoms with E-state index in [1.165, 1.54) is 41.3 Å². The molecule has 0 aliphatic carbocycles. The number of carbonyl (C=O) groups excluding carboxylic acids is 3. The lowest BCUT2D eigenvalue weighted by atomic mass is 9.95. The van der Waals surface area contributed by atoms with Crippen molar-refractivity contribution >= 4 is 40.7 Å². The number of carbonyl (C=O) groups is 3. The van der Waals surface area contributed by atoms with Crippen LogP contribution in [0.15, 0.2) is 72.3 Å². The molecule has 9 heteroatoms. The molecule has 1 saturated heterocycles. The fourth-order valence-corrected chi connectivity index (χ4v) is 4.38. The molecule has 1 fully saturated rings. The lowest BCUT2D eigenvalue weighted by Crippen LogP contribution is -2.29. The molecule has 196 valence electrons. The first-order chi connectivity index (χ1) is 18.3. The molecule has 4 rings (SSSR count). The Morgan fingerprint density at radius 2 is 1.74 bits per heavy atom. The summed E-state index contributed by atoms with van der Waals surface area (Å²) in [6.07, 6.45) is 0.649. The molecule has 0 aromatic heterocycles. The van der Waals surface area contributed by atoms with Gasteiger partial charge in [0.2, 0.25) is 0 Å². The maximum Gasteiger partial charge on any atom is 0.338 e. The van der Waals surface area contributed by atoms with Crippen molar-refractivity contribution < 1.29 is 34.1 Å². The number of phenols is 1. The van der Waals surface area contributed by atoms with E-state index in [1.54, 1.807) is 37.3 Å². The molecule has 38 heavy (non-hydrogen) atoms. The molecule has 1 unspecified atom stereocenters. The summed E-state index contributed by atoms with van der Waals surface area (Å²) in [4.78, 5) is 40.5. The summed E-state index contributed by atoms with van der Waals surface area (Å²) in [5.41, 5.74) is 1.00. The molecule has 1 aliphatic rings. The number of phenolic OH excluding ortho intramolecular Hbond substituents is 1. The second-order valence-electron chi connectivity index (χ2n) is 8.53. The quantitative estimate of drug-likeness (QED) is 0.166. The zero-order valence-electron chi connectivity index (χ0n) is 20.8. The summed E-state index contributed by atoms with van der Waals surface area (Å²) in [6, 6.07) is 15.6. The standard InChI is InChI=1S/C29H26ClNO7/c1-3-14-38-29(36)19-6-5-7-20(15-19)31-25(17-8-11-21(32)12-9-17)24(27(34)28(31)35)26(33)18-10-13-22(30)23(16-18)37-4-2/h5-13,15-16,25,32-33H,3-4,14H2,1-2H3/b26-24+. The van der Waals surface area contributed by atoms with Crippen LogP contribution in [-0.4, -0.2) is 41.1 Å². The summed E-state index contributed by atoms with van der Waals surface area (Å²) in [6.45, 7) is 4.23. The number of ether oxygens (including phenoxy) is 2. The Balaban J connectivity index is 1.88. The minimum atomic E-state index is -1.05. The van der Waals surface area contributed by atoms with Gasteiger partial charge in [0, 0.05) is 11.3 Å². The fraction of sp³-hybridized carbons (Fsp3) is 0.207. The minimum absolute atomic E-state index is 0.00886. The number of amides is 1. The van der Waals surface area contributed by atoms with Crippen molar-refractivity contribution in [1.82, 2.24) is 0 Å². The van der Waals surface area contributed by atoms with Crippen molar-refractivity contribution in [2.45, 2.75) is 26.3 Å². The molecule has 1 aliphatic heterocycles. The van der Waals surface area contributed by atoms with Crippen molar-refractivity contribution in [3.8, 4) is 11.5 Å². The van der Waals surface area contributed by atoms with E-state index in [-0.39, 0.29) is 34.7 Å². The summed E-state index contributed by atoms with van der Waals surface area (Å²) in [5.74, 6) is -2.47. The third-order valence-electron chi connectivity index (χ3n) is 5.96. The Bertz CT molecular complexity index is 1410. The molecular formula is C29H26ClNO7. The smallest absolute Gasteiger partial charge is 0.338 e. The number of aliphatic hydroxyl groups excluding tert-OH is 1. The van der Waals surface area contributed by atoms with E-state index in [4.69, 9.17) is 21.1 Å². The van der Waals surface area contributed by atoms with E-state index < -0.39 is 29.5 Å². The number of halogens is 1. The van der Waals surface area contributed by atoms with Crippen LogP contribution in [0, 0.1) is 0 Å². The van der Waals surface area contributed by atoms with Gasteiger partial charge in [-0.1, -0.05) is 36.7 Å². The fourth-order valence-electron chi connectivity index (χ4n) is 4.20. The average molecular weight is 536 g/mol. The highest BCUT2D eigenvalue weighted by atomic mass is 35.5. The van der Waals surface area contributed by atoms with Crippen molar-refractivity contribution in [1.29, 1.82) is 0 Å². The number of ketones is 1. The number of hydrogen-bond donors (Lipinski definition) is 2. The number of aromatic hydroxyl groups is 1. The van der Waals surface area contributed by atoms with Crippen LogP contribution in [0.2, 0.25) is 5.02 Å². The van der Waals surface area contributed by atoms with Crippen LogP contribution in [0.4, 0.5) is 5.69 Å². The minimum Gasteiger partial charge on any atom is -0.508 e. The molecular weight excluding hydrogens is 510 g/mol. The third-order valence-corrected chi connectivity index (χ3v) is 6.27. The van der Waals surface area contributed by atoms with Gasteiger partial charge in [-0.2, -0.15) is 0 Å². The number of nitrogens with zero attached hydrogens (tertiary/aromatic N) is 1. The molecule has 2 N–H and O–H groups in total. The highest BCUT2D eigenvalue weighted by Crippen LogP contribution is 2.43. The molecule has 1 amide bonds. The number of rotatable bonds is 8. The van der Waals surface area contributed by atoms with Gasteiger partial charge in [0.1, 0.15) is 17.3 Å². The van der Waals surface area contributed by atoms with Crippen LogP contribution in [0.25, 0.3) is 5.76 Å². The van der Waals surface area contributed by atoms with Crippen LogP contribution in [0.3, 0.4) is 0 Å². The summed E-state index contributed by atoms with van der Waals surface area (Å²) in [7, 11) is 0. The molecule has 0 radical (unpaired) electrons. The maximum absolute atomic E-state index is 13.4. The third kappa shape index (κ3) is 5.21. The number of esters is 1. The molecule has 1 atom stereocenters. The summed E-state index contributed by atoms with van der Waals surface area (Å²) < 4.78 is 10.7. The Kier molecular flexibility index (Phi) is 8.02. The van der Waals surface area contributed by atoms with E-state index in [0.717, 1.165) is 0 Å². The van der Waals surface area contributed by atoms with E-state index in [9.17, 15) is 24.6 Å². The van der Waals surface area contributed by atoms with Crippen LogP contribution in [0.5, 0.6) is 11.5 Å². The first-order valence-electron chi connectivity index (χ1n) is 12.1. The van der Waals surface area contributed by atoms with Gasteiger partial charge in [-0.05, 0) is 67.4 Å². The van der Waals surface area contributed by atoms with E-state index in [0.29, 0.717) is 29.4 Å². The molecule has 3 aromatic rings. The van der Waals surface area contributed by atoms with Crippen molar-refractivity contribution in [2.75, 3.05) is 18.1 Å². The van der Waals surface area contributed by atoms with E-state index in [2.05, 4.69) is 0 Å². The number of aliphatic hydroxyl groups is 1. The highest BCUT2D eigenvalue weighted by Gasteiger charge is 2.47. The van der Waals surface area contributed by atoms with Gasteiger partial charge < -0.3 is 19.7 Å². The Labute approximate surface area is 224 Å². The molecule has 0 spiro atoms. The van der Waals surface area contributed by atoms with Crippen LogP contribution < -0.4 is 9.64 Å². The van der Waals surface area contributed by atoms with Gasteiger partial charge in [-0.3, -0.25) is 14.5 Å². The normalized spacial score (nSPS) is 16.5. The first kappa shape index (κ1) is 26.8. The van der Waals surface area contributed by atoms with Gasteiger partial charge in [0.15, 0.2) is 0 Å². The Hall–Kier alpha value is -4.30. The predicted molar refractivity (Wildman–Crippen MR) is 143 cm³/mol. The van der Waals surface area contributed by atoms with Crippen LogP contribution in [0.1, 0.15) is 47.8 Å². The van der Waals surface area contributed by atoms with Crippen LogP contribution in [-0.2, 0) is 14.3 Å². The largest absolute Gasteiger partial charge is 0.508 e. The topological polar surface area (TPSA) is 113 Å². The molecule has 3 aromatic carbocycles. The number of benzene rings is 3. The zero-order valence-corrected chi connectivity index (χ0v) is 21.6. The lowest BCUT2D eigenvalue weighted by molar-refractivity contribution is -0.132. The number of hydrogen-bond acceptors (Lipinski definition) is 7. The zero-order chi connectivity index (χ0) is 27.4. The Morgan fingerprint density at radius 3 is 2.42 bits per heavy atom. The van der Waals surface area contributed by atoms with Crippen molar-refractivity contribution in [3.05, 3.63) is 94.0 Å². The second-order valence-corrected chi connectivity index (χ2v) is 8.93. The number of Topliss-reactive ketones (excluding diaryl/α,β-unsaturated/α-hetero) is 1. The molecule has 8 nitrogen and oxygen atoms in total. The summed E-state index contributed by atoms with van der Waals surface area (Å²) >= 11 is 6.19. The van der Waals surface area contributed by atoms with Crippen molar-refractivity contribution in [2.24, 2.45) is 0 Å². The highest BCUT2D eigenvalue weighted by molar-refractivity contribution is 6.51. The molecule has 0 bridgehead atoms. The van der Waals surface area contributed by atoms with Crippen LogP contribution >= 0.6 is 11.6 Å². The first-order valence-corrected chi connectivity index (χ1v) is 12.4. The predicted octanol–water partition coefficient (Wildman–Crippen LogP) is 5.64. The molecule has 0 saturated carbocycles. The maximum atomic E-state index is 13.4. The second kappa shape index (κ2) is 11.4. The summed E-state index contributed by atoms with van der Waals surface area (Å²) in [5, 5.41) is 21.5. The Morgan fingerprint density at radius 1 is 1.00 bits per heavy atom. The van der Waals surface area contributed by atoms with Gasteiger partial charge >= 0.3 is 5.97 Å². The SMILES string of the molecule is CCCOC(=O)c1cccc(N2C(=O)C(=O)/C(=C(/O)c3ccc(Cl)c(OCC)c3)C2c2ccc(O)cc2)c1. The lowest BCUT2D eigenvalue weighted by Gasteiger charge is -2.26. The van der Waals surface area contributed by atoms with E-state index in [1.807, 2.05) is 6.92 Å². The number of anilines is 1.